The van der Waals surface area contributed by atoms with Gasteiger partial charge in [0.05, 0.1) is 0 Å². The highest BCUT2D eigenvalue weighted by atomic mass is 31.1. The van der Waals surface area contributed by atoms with E-state index in [-0.39, 0.29) is 11.0 Å². The van der Waals surface area contributed by atoms with Gasteiger partial charge in [-0.15, -0.1) is 0 Å². The lowest BCUT2D eigenvalue weighted by molar-refractivity contribution is 0.294. The Hall–Kier alpha value is -4.07. The largest absolute Gasteiger partial charge is 0.488 e. The molecule has 0 spiro atoms. The van der Waals surface area contributed by atoms with Gasteiger partial charge in [0.2, 0.25) is 0 Å². The molecule has 5 aromatic rings. The minimum Gasteiger partial charge on any atom is -0.488 e. The fourth-order valence-electron chi connectivity index (χ4n) is 6.44. The predicted octanol–water partition coefficient (Wildman–Crippen LogP) is 10.8. The molecule has 0 amide bonds. The molecule has 0 aliphatic carbocycles. The van der Waals surface area contributed by atoms with E-state index in [0.29, 0.717) is 15.2 Å². The van der Waals surface area contributed by atoms with Crippen molar-refractivity contribution in [1.82, 2.24) is 0 Å². The summed E-state index contributed by atoms with van der Waals surface area (Å²) in [4.78, 5) is 4.30. The smallest absolute Gasteiger partial charge is 0.127 e. The summed E-state index contributed by atoms with van der Waals surface area (Å²) in [7, 11) is 2.17. The van der Waals surface area contributed by atoms with Crippen LogP contribution >= 0.6 is 8.58 Å². The van der Waals surface area contributed by atoms with Gasteiger partial charge in [0.15, 0.2) is 0 Å². The van der Waals surface area contributed by atoms with Crippen LogP contribution in [0.3, 0.4) is 0 Å². The van der Waals surface area contributed by atoms with E-state index < -0.39 is 0 Å². The number of halogens is 1. The number of aliphatic imine (C=N–C) groups is 1. The van der Waals surface area contributed by atoms with Gasteiger partial charge < -0.3 is 4.74 Å². The second kappa shape index (κ2) is 17.2. The first-order valence-corrected chi connectivity index (χ1v) is 17.9. The van der Waals surface area contributed by atoms with Crippen LogP contribution in [0.2, 0.25) is 0 Å². The SMILES string of the molecule is CCCCCC(CC)(Pc1ccc(F)cc1/C=N/C)c1cc(Cc2ccccc2)cc(Cc2ccccc2)c1OCc1ccccc1. The summed E-state index contributed by atoms with van der Waals surface area (Å²) in [6.45, 7) is 5.08. The van der Waals surface area contributed by atoms with E-state index in [4.69, 9.17) is 4.74 Å². The monoisotopic (exact) mass is 643 g/mol. The summed E-state index contributed by atoms with van der Waals surface area (Å²) >= 11 is 0. The van der Waals surface area contributed by atoms with Crippen LogP contribution in [0, 0.1) is 5.82 Å². The maximum atomic E-state index is 14.5. The molecule has 0 aliphatic heterocycles. The quantitative estimate of drug-likeness (QED) is 0.0596. The van der Waals surface area contributed by atoms with Crippen LogP contribution in [0.5, 0.6) is 5.75 Å². The fraction of sp³-hybridized carbons (Fsp3) is 0.279. The summed E-state index contributed by atoms with van der Waals surface area (Å²) < 4.78 is 21.5. The van der Waals surface area contributed by atoms with Gasteiger partial charge in [0.25, 0.3) is 0 Å². The van der Waals surface area contributed by atoms with Crippen LogP contribution in [0.15, 0.2) is 126 Å². The van der Waals surface area contributed by atoms with Crippen molar-refractivity contribution in [3.63, 3.8) is 0 Å². The Balaban J connectivity index is 1.72. The van der Waals surface area contributed by atoms with E-state index in [1.165, 1.54) is 34.2 Å². The molecule has 5 aromatic carbocycles. The molecule has 0 radical (unpaired) electrons. The molecule has 2 unspecified atom stereocenters. The Morgan fingerprint density at radius 2 is 1.36 bits per heavy atom. The number of hydrogen-bond acceptors (Lipinski definition) is 2. The fourth-order valence-corrected chi connectivity index (χ4v) is 8.20. The van der Waals surface area contributed by atoms with Gasteiger partial charge in [-0.1, -0.05) is 151 Å². The molecule has 0 bridgehead atoms. The maximum absolute atomic E-state index is 14.5. The lowest BCUT2D eigenvalue weighted by Crippen LogP contribution is -2.26. The van der Waals surface area contributed by atoms with Gasteiger partial charge >= 0.3 is 0 Å². The van der Waals surface area contributed by atoms with Crippen molar-refractivity contribution < 1.29 is 9.13 Å². The molecule has 0 N–H and O–H groups in total. The first kappa shape index (κ1) is 34.3. The molecule has 0 saturated heterocycles. The summed E-state index contributed by atoms with van der Waals surface area (Å²) in [5.41, 5.74) is 8.32. The normalized spacial score (nSPS) is 12.9. The molecule has 0 aliphatic rings. The number of rotatable bonds is 16. The molecule has 5 rings (SSSR count). The zero-order chi connectivity index (χ0) is 32.9. The number of benzene rings is 5. The van der Waals surface area contributed by atoms with Gasteiger partial charge in [-0.2, -0.15) is 0 Å². The molecule has 47 heavy (non-hydrogen) atoms. The van der Waals surface area contributed by atoms with Crippen molar-refractivity contribution in [3.8, 4) is 5.75 Å². The average Bonchev–Trinajstić information content (AvgIpc) is 3.10. The van der Waals surface area contributed by atoms with Gasteiger partial charge in [0.1, 0.15) is 18.2 Å². The lowest BCUT2D eigenvalue weighted by Gasteiger charge is -2.37. The topological polar surface area (TPSA) is 21.6 Å². The highest BCUT2D eigenvalue weighted by molar-refractivity contribution is 7.48. The summed E-state index contributed by atoms with van der Waals surface area (Å²) in [5, 5.41) is 0.940. The molecule has 242 valence electrons. The van der Waals surface area contributed by atoms with Crippen LogP contribution in [-0.4, -0.2) is 13.3 Å². The molecule has 0 saturated carbocycles. The van der Waals surface area contributed by atoms with E-state index in [2.05, 4.69) is 116 Å². The minimum atomic E-state index is -0.233. The third-order valence-corrected chi connectivity index (χ3v) is 11.0. The van der Waals surface area contributed by atoms with Crippen molar-refractivity contribution in [1.29, 1.82) is 0 Å². The first-order valence-electron chi connectivity index (χ1n) is 16.9. The van der Waals surface area contributed by atoms with E-state index in [1.54, 1.807) is 25.4 Å². The number of nitrogens with zero attached hydrogens (tertiary/aromatic N) is 1. The third-order valence-electron chi connectivity index (χ3n) is 8.92. The summed E-state index contributed by atoms with van der Waals surface area (Å²) in [6, 6.07) is 41.9. The first-order chi connectivity index (χ1) is 23.0. The van der Waals surface area contributed by atoms with E-state index in [9.17, 15) is 4.39 Å². The van der Waals surface area contributed by atoms with Gasteiger partial charge in [0, 0.05) is 36.0 Å². The maximum Gasteiger partial charge on any atom is 0.127 e. The summed E-state index contributed by atoms with van der Waals surface area (Å²) in [5.74, 6) is 0.761. The number of hydrogen-bond donors (Lipinski definition) is 0. The summed E-state index contributed by atoms with van der Waals surface area (Å²) in [6.07, 6.45) is 8.83. The Bertz CT molecular complexity index is 1720. The van der Waals surface area contributed by atoms with Gasteiger partial charge in [-0.05, 0) is 64.5 Å². The zero-order valence-corrected chi connectivity index (χ0v) is 29.0. The van der Waals surface area contributed by atoms with Crippen LogP contribution < -0.4 is 10.0 Å². The van der Waals surface area contributed by atoms with Crippen molar-refractivity contribution in [2.24, 2.45) is 4.99 Å². The molecule has 2 atom stereocenters. The molecule has 0 heterocycles. The van der Waals surface area contributed by atoms with Gasteiger partial charge in [-0.3, -0.25) is 4.99 Å². The second-order valence-electron chi connectivity index (χ2n) is 12.4. The molecule has 0 aromatic heterocycles. The zero-order valence-electron chi connectivity index (χ0n) is 28.0. The van der Waals surface area contributed by atoms with E-state index in [0.717, 1.165) is 60.7 Å². The Labute approximate surface area is 282 Å². The minimum absolute atomic E-state index is 0.201. The highest BCUT2D eigenvalue weighted by Gasteiger charge is 2.35. The van der Waals surface area contributed by atoms with Gasteiger partial charge in [-0.25, -0.2) is 4.39 Å². The second-order valence-corrected chi connectivity index (χ2v) is 14.1. The standard InChI is InChI=1S/C43H47FNOP/c1-4-6-16-25-43(5-2,47-41-24-23-39(44)30-38(41)31-45-3)40-29-36(26-33-17-10-7-11-18-33)28-37(27-34-19-12-8-13-20-34)42(40)46-32-35-21-14-9-15-22-35/h7-15,17-24,28-31,47H,4-6,16,25-27,32H2,1-3H3/b45-31+. The molecular formula is C43H47FNOP. The van der Waals surface area contributed by atoms with E-state index >= 15 is 0 Å². The van der Waals surface area contributed by atoms with E-state index in [1.807, 2.05) is 12.1 Å². The van der Waals surface area contributed by atoms with Crippen LogP contribution in [-0.2, 0) is 24.6 Å². The molecular weight excluding hydrogens is 596 g/mol. The van der Waals surface area contributed by atoms with Crippen molar-refractivity contribution in [3.05, 3.63) is 166 Å². The molecule has 2 nitrogen and oxygen atoms in total. The number of unbranched alkanes of at least 4 members (excludes halogenated alkanes) is 2. The van der Waals surface area contributed by atoms with Crippen molar-refractivity contribution in [2.75, 3.05) is 7.05 Å². The molecule has 4 heteroatoms. The predicted molar refractivity (Wildman–Crippen MR) is 200 cm³/mol. The van der Waals surface area contributed by atoms with Crippen LogP contribution in [0.25, 0.3) is 0 Å². The molecule has 0 fully saturated rings. The average molecular weight is 644 g/mol. The van der Waals surface area contributed by atoms with Crippen molar-refractivity contribution in [2.45, 2.75) is 70.6 Å². The highest BCUT2D eigenvalue weighted by Crippen LogP contribution is 2.53. The lowest BCUT2D eigenvalue weighted by atomic mass is 9.84. The van der Waals surface area contributed by atoms with Crippen molar-refractivity contribution >= 4 is 20.1 Å². The Morgan fingerprint density at radius 1 is 0.723 bits per heavy atom. The van der Waals surface area contributed by atoms with Crippen LogP contribution in [0.4, 0.5) is 4.39 Å². The Kier molecular flexibility index (Phi) is 12.5. The van der Waals surface area contributed by atoms with Crippen LogP contribution in [0.1, 0.15) is 84.9 Å². The number of ether oxygens (including phenoxy) is 1. The Morgan fingerprint density at radius 3 is 1.98 bits per heavy atom. The third kappa shape index (κ3) is 9.27.